The Morgan fingerprint density at radius 3 is 2.33 bits per heavy atom. The van der Waals surface area contributed by atoms with Gasteiger partial charge in [0.05, 0.1) is 7.11 Å². The highest BCUT2D eigenvalue weighted by molar-refractivity contribution is 14.0. The van der Waals surface area contributed by atoms with E-state index in [0.717, 1.165) is 24.8 Å². The second-order valence-corrected chi connectivity index (χ2v) is 5.37. The number of ether oxygens (including phenoxy) is 1. The van der Waals surface area contributed by atoms with Gasteiger partial charge in [0, 0.05) is 26.1 Å². The maximum Gasteiger partial charge on any atom is 0.191 e. The predicted molar refractivity (Wildman–Crippen MR) is 101 cm³/mol. The normalized spacial score (nSPS) is 12.6. The Bertz CT molecular complexity index is 435. The Kier molecular flexibility index (Phi) is 10.2. The third-order valence-corrected chi connectivity index (χ3v) is 3.15. The molecule has 5 heteroatoms. The first-order valence-electron chi connectivity index (χ1n) is 7.15. The molecule has 0 radical (unpaired) electrons. The Morgan fingerprint density at radius 2 is 1.76 bits per heavy atom. The summed E-state index contributed by atoms with van der Waals surface area (Å²) in [6, 6.07) is 8.14. The second-order valence-electron chi connectivity index (χ2n) is 5.37. The van der Waals surface area contributed by atoms with Crippen molar-refractivity contribution in [2.45, 2.75) is 26.7 Å². The zero-order valence-electron chi connectivity index (χ0n) is 13.6. The van der Waals surface area contributed by atoms with Gasteiger partial charge in [-0.05, 0) is 17.5 Å². The summed E-state index contributed by atoms with van der Waals surface area (Å²) < 4.78 is 5.40. The molecule has 0 aliphatic carbocycles. The summed E-state index contributed by atoms with van der Waals surface area (Å²) in [5, 5.41) is 6.67. The van der Waals surface area contributed by atoms with Crippen molar-refractivity contribution in [3.8, 4) is 5.75 Å². The number of rotatable bonds is 6. The molecule has 1 aromatic rings. The van der Waals surface area contributed by atoms with Gasteiger partial charge < -0.3 is 15.4 Å². The molecule has 1 aromatic carbocycles. The van der Waals surface area contributed by atoms with Crippen molar-refractivity contribution in [1.82, 2.24) is 10.6 Å². The molecule has 1 atom stereocenters. The topological polar surface area (TPSA) is 45.7 Å². The molecule has 0 fully saturated rings. The van der Waals surface area contributed by atoms with Crippen molar-refractivity contribution in [1.29, 1.82) is 0 Å². The van der Waals surface area contributed by atoms with Crippen molar-refractivity contribution in [3.05, 3.63) is 29.8 Å². The molecule has 2 N–H and O–H groups in total. The van der Waals surface area contributed by atoms with Gasteiger partial charge in [0.1, 0.15) is 5.75 Å². The van der Waals surface area contributed by atoms with Crippen LogP contribution < -0.4 is 15.4 Å². The van der Waals surface area contributed by atoms with Gasteiger partial charge in [-0.25, -0.2) is 0 Å². The lowest BCUT2D eigenvalue weighted by Gasteiger charge is -2.18. The number of nitrogens with one attached hydrogen (secondary N) is 2. The quantitative estimate of drug-likeness (QED) is 0.434. The lowest BCUT2D eigenvalue weighted by Crippen LogP contribution is -2.40. The van der Waals surface area contributed by atoms with E-state index in [1.165, 1.54) is 5.56 Å². The number of guanidine groups is 1. The number of methoxy groups -OCH3 is 1. The maximum absolute atomic E-state index is 5.40. The van der Waals surface area contributed by atoms with Crippen LogP contribution >= 0.6 is 24.0 Å². The summed E-state index contributed by atoms with van der Waals surface area (Å²) in [7, 11) is 3.51. The van der Waals surface area contributed by atoms with Gasteiger partial charge in [0.15, 0.2) is 5.96 Å². The van der Waals surface area contributed by atoms with Crippen molar-refractivity contribution in [2.24, 2.45) is 10.9 Å². The summed E-state index contributed by atoms with van der Waals surface area (Å²) in [6.07, 6.45) is 0. The SMILES string of the molecule is CN=C(NCC(C)C)NCC(C)c1ccccc1OC.I. The molecule has 0 amide bonds. The number of halogens is 1. The van der Waals surface area contributed by atoms with E-state index in [1.807, 2.05) is 18.2 Å². The molecular formula is C16H28IN3O. The summed E-state index contributed by atoms with van der Waals surface area (Å²) in [6.45, 7) is 8.27. The van der Waals surface area contributed by atoms with E-state index >= 15 is 0 Å². The minimum absolute atomic E-state index is 0. The van der Waals surface area contributed by atoms with Crippen LogP contribution in [0.15, 0.2) is 29.3 Å². The Balaban J connectivity index is 0.00000400. The molecular weight excluding hydrogens is 377 g/mol. The molecule has 0 heterocycles. The van der Waals surface area contributed by atoms with E-state index in [0.29, 0.717) is 11.8 Å². The fourth-order valence-corrected chi connectivity index (χ4v) is 1.95. The highest BCUT2D eigenvalue weighted by Crippen LogP contribution is 2.25. The van der Waals surface area contributed by atoms with E-state index in [4.69, 9.17) is 4.74 Å². The summed E-state index contributed by atoms with van der Waals surface area (Å²) in [5.41, 5.74) is 1.21. The zero-order chi connectivity index (χ0) is 15.0. The molecule has 0 aliphatic heterocycles. The van der Waals surface area contributed by atoms with Crippen LogP contribution in [0, 0.1) is 5.92 Å². The molecule has 21 heavy (non-hydrogen) atoms. The molecule has 0 saturated carbocycles. The lowest BCUT2D eigenvalue weighted by molar-refractivity contribution is 0.406. The number of hydrogen-bond donors (Lipinski definition) is 2. The minimum Gasteiger partial charge on any atom is -0.496 e. The molecule has 0 saturated heterocycles. The first kappa shape index (κ1) is 20.0. The lowest BCUT2D eigenvalue weighted by atomic mass is 10.0. The Hall–Kier alpha value is -0.980. The van der Waals surface area contributed by atoms with E-state index in [9.17, 15) is 0 Å². The van der Waals surface area contributed by atoms with Crippen LogP contribution in [0.1, 0.15) is 32.3 Å². The first-order chi connectivity index (χ1) is 9.58. The van der Waals surface area contributed by atoms with E-state index in [-0.39, 0.29) is 24.0 Å². The number of nitrogens with zero attached hydrogens (tertiary/aromatic N) is 1. The number of para-hydroxylation sites is 1. The summed E-state index contributed by atoms with van der Waals surface area (Å²) in [5.74, 6) is 2.73. The maximum atomic E-state index is 5.40. The molecule has 1 rings (SSSR count). The van der Waals surface area contributed by atoms with Gasteiger partial charge in [-0.3, -0.25) is 4.99 Å². The summed E-state index contributed by atoms with van der Waals surface area (Å²) >= 11 is 0. The van der Waals surface area contributed by atoms with Gasteiger partial charge in [-0.1, -0.05) is 39.0 Å². The van der Waals surface area contributed by atoms with E-state index < -0.39 is 0 Å². The average molecular weight is 405 g/mol. The second kappa shape index (κ2) is 10.7. The fourth-order valence-electron chi connectivity index (χ4n) is 1.95. The van der Waals surface area contributed by atoms with Crippen molar-refractivity contribution in [3.63, 3.8) is 0 Å². The van der Waals surface area contributed by atoms with Gasteiger partial charge in [0.25, 0.3) is 0 Å². The third kappa shape index (κ3) is 7.02. The van der Waals surface area contributed by atoms with Crippen LogP contribution in [0.5, 0.6) is 5.75 Å². The van der Waals surface area contributed by atoms with Crippen LogP contribution in [-0.4, -0.2) is 33.2 Å². The number of benzene rings is 1. The zero-order valence-corrected chi connectivity index (χ0v) is 16.0. The standard InChI is InChI=1S/C16H27N3O.HI/c1-12(2)10-18-16(17-4)19-11-13(3)14-8-6-7-9-15(14)20-5;/h6-9,12-13H,10-11H2,1-5H3,(H2,17,18,19);1H. The molecule has 0 spiro atoms. The van der Waals surface area contributed by atoms with Gasteiger partial charge in [0.2, 0.25) is 0 Å². The van der Waals surface area contributed by atoms with E-state index in [2.05, 4.69) is 42.5 Å². The smallest absolute Gasteiger partial charge is 0.191 e. The summed E-state index contributed by atoms with van der Waals surface area (Å²) in [4.78, 5) is 4.23. The Morgan fingerprint density at radius 1 is 1.14 bits per heavy atom. The predicted octanol–water partition coefficient (Wildman–Crippen LogP) is 3.24. The molecule has 120 valence electrons. The van der Waals surface area contributed by atoms with Crippen molar-refractivity contribution in [2.75, 3.05) is 27.2 Å². The highest BCUT2D eigenvalue weighted by atomic mass is 127. The molecule has 0 aromatic heterocycles. The van der Waals surface area contributed by atoms with Crippen LogP contribution in [0.4, 0.5) is 0 Å². The average Bonchev–Trinajstić information content (AvgIpc) is 2.46. The van der Waals surface area contributed by atoms with Gasteiger partial charge in [-0.2, -0.15) is 0 Å². The van der Waals surface area contributed by atoms with Crippen molar-refractivity contribution >= 4 is 29.9 Å². The van der Waals surface area contributed by atoms with E-state index in [1.54, 1.807) is 14.2 Å². The largest absolute Gasteiger partial charge is 0.496 e. The van der Waals surface area contributed by atoms with Crippen molar-refractivity contribution < 1.29 is 4.74 Å². The Labute approximate surface area is 145 Å². The van der Waals surface area contributed by atoms with Crippen LogP contribution in [-0.2, 0) is 0 Å². The molecule has 0 aliphatic rings. The van der Waals surface area contributed by atoms with Gasteiger partial charge in [-0.15, -0.1) is 24.0 Å². The molecule has 0 bridgehead atoms. The number of hydrogen-bond acceptors (Lipinski definition) is 2. The van der Waals surface area contributed by atoms with Crippen LogP contribution in [0.25, 0.3) is 0 Å². The van der Waals surface area contributed by atoms with Gasteiger partial charge >= 0.3 is 0 Å². The monoisotopic (exact) mass is 405 g/mol. The third-order valence-electron chi connectivity index (χ3n) is 3.15. The number of aliphatic imine (C=N–C) groups is 1. The molecule has 1 unspecified atom stereocenters. The molecule has 4 nitrogen and oxygen atoms in total. The van der Waals surface area contributed by atoms with Crippen LogP contribution in [0.3, 0.4) is 0 Å². The van der Waals surface area contributed by atoms with Crippen LogP contribution in [0.2, 0.25) is 0 Å². The fraction of sp³-hybridized carbons (Fsp3) is 0.562. The minimum atomic E-state index is 0. The highest BCUT2D eigenvalue weighted by Gasteiger charge is 2.11. The first-order valence-corrected chi connectivity index (χ1v) is 7.15.